The second-order valence-corrected chi connectivity index (χ2v) is 4.35. The van der Waals surface area contributed by atoms with Gasteiger partial charge >= 0.3 is 26.2 Å². The third-order valence-electron chi connectivity index (χ3n) is 2.54. The van der Waals surface area contributed by atoms with Crippen molar-refractivity contribution in [2.75, 3.05) is 0 Å². The molecule has 15 heteroatoms. The molecular formula is C17H8BCl3F10Zr. The first-order valence-electron chi connectivity index (χ1n) is 6.56. The molecule has 3 rings (SSSR count). The summed E-state index contributed by atoms with van der Waals surface area (Å²) in [4.78, 5) is 0. The van der Waals surface area contributed by atoms with Crippen LogP contribution in [0.1, 0.15) is 0 Å². The molecule has 0 heterocycles. The molecule has 174 valence electrons. The van der Waals surface area contributed by atoms with E-state index in [1.54, 1.807) is 0 Å². The molecule has 0 aliphatic rings. The molecule has 0 saturated heterocycles. The van der Waals surface area contributed by atoms with Crippen LogP contribution in [0, 0.1) is 70.3 Å². The number of rotatable bonds is 0. The first-order valence-corrected chi connectivity index (χ1v) is 6.56. The minimum atomic E-state index is -2.17. The molecule has 0 N–H and O–H groups in total. The topological polar surface area (TPSA) is 0 Å². The van der Waals surface area contributed by atoms with Crippen LogP contribution in [0.5, 0.6) is 0 Å². The molecule has 0 amide bonds. The van der Waals surface area contributed by atoms with E-state index in [9.17, 15) is 43.9 Å². The quantitative estimate of drug-likeness (QED) is 0.0880. The van der Waals surface area contributed by atoms with Crippen LogP contribution < -0.4 is 0 Å². The second-order valence-electron chi connectivity index (χ2n) is 4.35. The smallest absolute Gasteiger partial charge is 0.278 e. The van der Waals surface area contributed by atoms with Crippen molar-refractivity contribution >= 4 is 45.6 Å². The van der Waals surface area contributed by atoms with Crippen molar-refractivity contribution in [2.45, 2.75) is 0 Å². The van der Waals surface area contributed by atoms with Crippen molar-refractivity contribution in [3.8, 4) is 0 Å². The third kappa shape index (κ3) is 11.7. The first kappa shape index (κ1) is 41.2. The van der Waals surface area contributed by atoms with Gasteiger partial charge in [0, 0.05) is 8.41 Å². The summed E-state index contributed by atoms with van der Waals surface area (Å²) in [7, 11) is 0. The van der Waals surface area contributed by atoms with Crippen LogP contribution in [-0.4, -0.2) is 8.41 Å². The van der Waals surface area contributed by atoms with Crippen LogP contribution >= 0.6 is 37.2 Å². The summed E-state index contributed by atoms with van der Waals surface area (Å²) in [5.41, 5.74) is 0. The molecule has 0 aliphatic heterocycles. The van der Waals surface area contributed by atoms with Crippen LogP contribution in [0.2, 0.25) is 0 Å². The van der Waals surface area contributed by atoms with E-state index in [-0.39, 0.29) is 71.8 Å². The summed E-state index contributed by atoms with van der Waals surface area (Å²) < 4.78 is 120. The van der Waals surface area contributed by atoms with Crippen molar-refractivity contribution in [1.82, 2.24) is 0 Å². The minimum absolute atomic E-state index is 0. The summed E-state index contributed by atoms with van der Waals surface area (Å²) in [6.45, 7) is 0. The maximum atomic E-state index is 12.0. The molecule has 0 unspecified atom stereocenters. The monoisotopic (exact) mass is 608 g/mol. The molecule has 3 aromatic rings. The van der Waals surface area contributed by atoms with Gasteiger partial charge in [-0.2, -0.15) is 18.2 Å². The average molecular weight is 611 g/mol. The second kappa shape index (κ2) is 19.4. The molecule has 32 heavy (non-hydrogen) atoms. The number of halogens is 13. The van der Waals surface area contributed by atoms with E-state index >= 15 is 0 Å². The Morgan fingerprint density at radius 2 is 0.688 bits per heavy atom. The van der Waals surface area contributed by atoms with E-state index in [1.165, 1.54) is 0 Å². The zero-order chi connectivity index (χ0) is 20.7. The van der Waals surface area contributed by atoms with Gasteiger partial charge in [0.25, 0.3) is 0 Å². The van der Waals surface area contributed by atoms with Crippen molar-refractivity contribution in [1.29, 1.82) is 0 Å². The number of hydrogen-bond acceptors (Lipinski definition) is 0. The van der Waals surface area contributed by atoms with E-state index in [0.717, 1.165) is 12.1 Å². The summed E-state index contributed by atoms with van der Waals surface area (Å²) in [6.07, 6.45) is 0. The third-order valence-corrected chi connectivity index (χ3v) is 2.54. The van der Waals surface area contributed by atoms with Gasteiger partial charge < -0.3 is 0 Å². The maximum absolute atomic E-state index is 12.0. The minimum Gasteiger partial charge on any atom is -0.278 e. The fraction of sp³-hybridized carbons (Fsp3) is 0. The van der Waals surface area contributed by atoms with Gasteiger partial charge in [-0.15, -0.1) is 49.4 Å². The fourth-order valence-corrected chi connectivity index (χ4v) is 1.31. The predicted molar refractivity (Wildman–Crippen MR) is 99.7 cm³/mol. The summed E-state index contributed by atoms with van der Waals surface area (Å²) >= 11 is 0. The Kier molecular flexibility index (Phi) is 24.9. The summed E-state index contributed by atoms with van der Waals surface area (Å²) in [5, 5.41) is 0. The van der Waals surface area contributed by atoms with Gasteiger partial charge in [-0.25, -0.2) is 38.5 Å². The molecule has 0 fully saturated rings. The van der Waals surface area contributed by atoms with Crippen LogP contribution in [0.4, 0.5) is 43.9 Å². The van der Waals surface area contributed by atoms with Gasteiger partial charge in [0.2, 0.25) is 0 Å². The van der Waals surface area contributed by atoms with Gasteiger partial charge in [0.1, 0.15) is 0 Å². The van der Waals surface area contributed by atoms with Crippen LogP contribution in [-0.2, 0) is 26.2 Å². The molecule has 0 spiro atoms. The first-order chi connectivity index (χ1) is 12.6. The molecule has 0 saturated carbocycles. The van der Waals surface area contributed by atoms with Crippen LogP contribution in [0.25, 0.3) is 0 Å². The Hall–Kier alpha value is -1.09. The average Bonchev–Trinajstić information content (AvgIpc) is 3.22. The molecule has 3 aromatic carbocycles. The van der Waals surface area contributed by atoms with E-state index in [0.29, 0.717) is 0 Å². The largest absolute Gasteiger partial charge is 3.00 e. The predicted octanol–water partition coefficient (Wildman–Crippen LogP) is 6.65. The van der Waals surface area contributed by atoms with Crippen molar-refractivity contribution in [3.63, 3.8) is 0 Å². The molecule has 0 bridgehead atoms. The summed E-state index contributed by atoms with van der Waals surface area (Å²) in [6, 6.07) is 12.0. The molecule has 4 radical (unpaired) electrons. The van der Waals surface area contributed by atoms with E-state index in [2.05, 4.69) is 0 Å². The Labute approximate surface area is 215 Å². The number of hydrogen-bond donors (Lipinski definition) is 0. The Morgan fingerprint density at radius 1 is 0.469 bits per heavy atom. The Balaban J connectivity index is -0.000000111. The zero-order valence-electron chi connectivity index (χ0n) is 15.0. The molecule has 0 aromatic heterocycles. The van der Waals surface area contributed by atoms with Gasteiger partial charge in [-0.3, -0.25) is 17.6 Å². The molecular weight excluding hydrogens is 603 g/mol. The fourth-order valence-electron chi connectivity index (χ4n) is 1.31. The van der Waals surface area contributed by atoms with Crippen molar-refractivity contribution in [2.24, 2.45) is 0 Å². The van der Waals surface area contributed by atoms with Gasteiger partial charge in [0.05, 0.1) is 58.2 Å². The molecule has 0 aliphatic carbocycles. The summed E-state index contributed by atoms with van der Waals surface area (Å²) in [5.74, 6) is -20.1. The SMILES string of the molecule is Cl.Cl.Cl.Fc1[c-]c(F)c(F)c(F)c1F.Fc1[c-]c(F)c(F)c(F)c1F.[B].[Zr+3].c1cc[cH-]c1. The Bertz CT molecular complexity index is 783. The maximum Gasteiger partial charge on any atom is 3.00 e. The van der Waals surface area contributed by atoms with E-state index in [1.807, 2.05) is 30.3 Å². The number of benzene rings is 2. The standard InChI is InChI=1S/2C6F5.C5H5.B.3ClH.Zr/c2*7-2-1-3(8)5(10)6(11)4(2)9;1-2-4-5-3-1;;;;;/h;;1-5H;;3*1H;/q3*-1;;;;;+3. The van der Waals surface area contributed by atoms with Gasteiger partial charge in [-0.05, 0) is 0 Å². The van der Waals surface area contributed by atoms with E-state index in [4.69, 9.17) is 0 Å². The zero-order valence-corrected chi connectivity index (χ0v) is 19.9. The molecule has 0 nitrogen and oxygen atoms in total. The normalized spacial score (nSPS) is 8.31. The van der Waals surface area contributed by atoms with Gasteiger partial charge in [0.15, 0.2) is 0 Å². The van der Waals surface area contributed by atoms with Crippen LogP contribution in [0.15, 0.2) is 30.3 Å². The van der Waals surface area contributed by atoms with Crippen molar-refractivity contribution in [3.05, 3.63) is 101 Å². The van der Waals surface area contributed by atoms with Gasteiger partial charge in [-0.1, -0.05) is 0 Å². The van der Waals surface area contributed by atoms with Crippen LogP contribution in [0.3, 0.4) is 0 Å². The molecule has 0 atom stereocenters. The Morgan fingerprint density at radius 3 is 0.844 bits per heavy atom. The van der Waals surface area contributed by atoms with Crippen molar-refractivity contribution < 1.29 is 70.1 Å². The van der Waals surface area contributed by atoms with E-state index < -0.39 is 58.2 Å².